The van der Waals surface area contributed by atoms with Crippen molar-refractivity contribution >= 4 is 0 Å². The van der Waals surface area contributed by atoms with E-state index in [1.807, 2.05) is 12.5 Å². The van der Waals surface area contributed by atoms with Crippen LogP contribution < -0.4 is 0 Å². The highest BCUT2D eigenvalue weighted by molar-refractivity contribution is 5.68. The van der Waals surface area contributed by atoms with Gasteiger partial charge in [-0.15, -0.1) is 0 Å². The van der Waals surface area contributed by atoms with Gasteiger partial charge in [0, 0.05) is 12.0 Å². The molecule has 2 N–H and O–H groups in total. The minimum atomic E-state index is -0.897. The van der Waals surface area contributed by atoms with Crippen molar-refractivity contribution in [1.29, 1.82) is 0 Å². The summed E-state index contributed by atoms with van der Waals surface area (Å²) in [5, 5.41) is 23.0. The number of aliphatic hydroxyl groups is 2. The van der Waals surface area contributed by atoms with Crippen LogP contribution in [0.5, 0.6) is 0 Å². The molecule has 2 heterocycles. The highest BCUT2D eigenvalue weighted by Gasteiger charge is 2.59. The van der Waals surface area contributed by atoms with E-state index in [0.29, 0.717) is 6.42 Å². The van der Waals surface area contributed by atoms with Crippen LogP contribution in [0.15, 0.2) is 36.8 Å². The Morgan fingerprint density at radius 3 is 2.50 bits per heavy atom. The molecule has 136 valence electrons. The lowest BCUT2D eigenvalue weighted by Gasteiger charge is -2.60. The third kappa shape index (κ3) is 1.89. The zero-order chi connectivity index (χ0) is 17.5. The highest BCUT2D eigenvalue weighted by atomic mass is 16.3. The van der Waals surface area contributed by atoms with E-state index >= 15 is 0 Å². The van der Waals surface area contributed by atoms with Gasteiger partial charge in [-0.25, -0.2) is 4.98 Å². The Morgan fingerprint density at radius 2 is 1.77 bits per heavy atom. The van der Waals surface area contributed by atoms with E-state index in [9.17, 15) is 10.2 Å². The molecular weight excluding hydrogens is 324 g/mol. The molecule has 4 fully saturated rings. The molecule has 7 rings (SSSR count). The number of benzene rings is 1. The molecular formula is C22H26N2O2. The molecule has 26 heavy (non-hydrogen) atoms. The molecule has 0 radical (unpaired) electrons. The van der Waals surface area contributed by atoms with E-state index in [1.165, 1.54) is 17.5 Å². The third-order valence-electron chi connectivity index (χ3n) is 8.02. The summed E-state index contributed by atoms with van der Waals surface area (Å²) >= 11 is 0. The average Bonchev–Trinajstić information content (AvgIpc) is 3.22. The number of rotatable bonds is 3. The van der Waals surface area contributed by atoms with Gasteiger partial charge >= 0.3 is 0 Å². The molecule has 2 aromatic rings. The second-order valence-electron chi connectivity index (χ2n) is 9.23. The highest BCUT2D eigenvalue weighted by Crippen LogP contribution is 2.60. The number of nitrogens with zero attached hydrogens (tertiary/aromatic N) is 2. The fraction of sp³-hybridized carbons (Fsp3) is 0.591. The Kier molecular flexibility index (Phi) is 3.08. The van der Waals surface area contributed by atoms with Gasteiger partial charge in [-0.05, 0) is 61.3 Å². The van der Waals surface area contributed by atoms with Crippen LogP contribution in [-0.2, 0) is 0 Å². The molecule has 4 bridgehead atoms. The molecule has 4 nitrogen and oxygen atoms in total. The van der Waals surface area contributed by atoms with Crippen LogP contribution >= 0.6 is 0 Å². The van der Waals surface area contributed by atoms with Crippen LogP contribution in [0.1, 0.15) is 50.1 Å². The SMILES string of the molecule is O[C@@H](C[C@@H]1c2ccccc2-c2cncn21)C1(O)C2CC3CC(C2)CC1C3. The Morgan fingerprint density at radius 1 is 1.08 bits per heavy atom. The second-order valence-corrected chi connectivity index (χ2v) is 9.23. The van der Waals surface area contributed by atoms with Gasteiger partial charge in [0.1, 0.15) is 0 Å². The van der Waals surface area contributed by atoms with Crippen LogP contribution in [0.25, 0.3) is 11.3 Å². The van der Waals surface area contributed by atoms with Gasteiger partial charge in [-0.1, -0.05) is 24.3 Å². The molecule has 5 aliphatic rings. The summed E-state index contributed by atoms with van der Waals surface area (Å²) in [4.78, 5) is 4.32. The average molecular weight is 350 g/mol. The lowest BCUT2D eigenvalue weighted by Crippen LogP contribution is -2.63. The first kappa shape index (κ1) is 15.4. The first-order valence-corrected chi connectivity index (χ1v) is 10.2. The Balaban J connectivity index is 1.34. The quantitative estimate of drug-likeness (QED) is 0.892. The second kappa shape index (κ2) is 5.20. The predicted octanol–water partition coefficient (Wildman–Crippen LogP) is 3.39. The van der Waals surface area contributed by atoms with Crippen molar-refractivity contribution in [1.82, 2.24) is 9.55 Å². The maximum Gasteiger partial charge on any atom is 0.0962 e. The maximum absolute atomic E-state index is 11.7. The van der Waals surface area contributed by atoms with Gasteiger partial charge in [0.15, 0.2) is 0 Å². The topological polar surface area (TPSA) is 58.3 Å². The molecule has 0 saturated heterocycles. The Bertz CT molecular complexity index is 829. The standard InChI is InChI=1S/C22H26N2O2/c25-21(22(26)15-6-13-5-14(8-15)9-16(22)7-13)10-19-17-3-1-2-4-18(17)20-11-23-12-24(19)20/h1-4,11-16,19,21,25-26H,5-10H2/t13?,14?,15?,16?,19-,21+,22?/m1/s1. The zero-order valence-electron chi connectivity index (χ0n) is 15.0. The van der Waals surface area contributed by atoms with Crippen LogP contribution in [0, 0.1) is 23.7 Å². The summed E-state index contributed by atoms with van der Waals surface area (Å²) in [6.07, 6.45) is 9.46. The molecule has 4 aliphatic carbocycles. The van der Waals surface area contributed by atoms with Crippen LogP contribution in [-0.4, -0.2) is 31.5 Å². The van der Waals surface area contributed by atoms with Gasteiger partial charge in [-0.3, -0.25) is 0 Å². The molecule has 0 amide bonds. The first-order valence-electron chi connectivity index (χ1n) is 10.2. The fourth-order valence-electron chi connectivity index (χ4n) is 7.06. The molecule has 4 heteroatoms. The smallest absolute Gasteiger partial charge is 0.0962 e. The third-order valence-corrected chi connectivity index (χ3v) is 8.02. The number of aromatic nitrogens is 2. The van der Waals surface area contributed by atoms with Gasteiger partial charge < -0.3 is 14.8 Å². The minimum Gasteiger partial charge on any atom is -0.390 e. The maximum atomic E-state index is 11.7. The number of aliphatic hydroxyl groups excluding tert-OH is 1. The van der Waals surface area contributed by atoms with E-state index in [0.717, 1.165) is 43.2 Å². The van der Waals surface area contributed by atoms with E-state index in [2.05, 4.69) is 33.8 Å². The lowest BCUT2D eigenvalue weighted by molar-refractivity contribution is -0.223. The predicted molar refractivity (Wildman–Crippen MR) is 98.4 cm³/mol. The molecule has 1 aliphatic heterocycles. The summed E-state index contributed by atoms with van der Waals surface area (Å²) < 4.78 is 2.17. The first-order chi connectivity index (χ1) is 12.6. The van der Waals surface area contributed by atoms with Crippen LogP contribution in [0.3, 0.4) is 0 Å². The normalized spacial score (nSPS) is 40.5. The summed E-state index contributed by atoms with van der Waals surface area (Å²) in [6, 6.07) is 8.48. The Labute approximate surface area is 153 Å². The monoisotopic (exact) mass is 350 g/mol. The Hall–Kier alpha value is -1.65. The molecule has 1 aromatic heterocycles. The van der Waals surface area contributed by atoms with Gasteiger partial charge in [-0.2, -0.15) is 0 Å². The summed E-state index contributed by atoms with van der Waals surface area (Å²) in [6.45, 7) is 0. The molecule has 0 unspecified atom stereocenters. The summed E-state index contributed by atoms with van der Waals surface area (Å²) in [7, 11) is 0. The molecule has 2 atom stereocenters. The van der Waals surface area contributed by atoms with Gasteiger partial charge in [0.05, 0.1) is 36.0 Å². The molecule has 4 saturated carbocycles. The van der Waals surface area contributed by atoms with Crippen LogP contribution in [0.2, 0.25) is 0 Å². The number of hydrogen-bond acceptors (Lipinski definition) is 3. The number of hydrogen-bond donors (Lipinski definition) is 2. The van der Waals surface area contributed by atoms with Gasteiger partial charge in [0.25, 0.3) is 0 Å². The van der Waals surface area contributed by atoms with Crippen molar-refractivity contribution in [2.75, 3.05) is 0 Å². The number of imidazole rings is 1. The summed E-state index contributed by atoms with van der Waals surface area (Å²) in [5.74, 6) is 2.15. The lowest BCUT2D eigenvalue weighted by atomic mass is 9.48. The van der Waals surface area contributed by atoms with E-state index in [1.54, 1.807) is 0 Å². The fourth-order valence-corrected chi connectivity index (χ4v) is 7.06. The van der Waals surface area contributed by atoms with Crippen molar-refractivity contribution in [3.8, 4) is 11.3 Å². The van der Waals surface area contributed by atoms with Crippen molar-refractivity contribution in [3.63, 3.8) is 0 Å². The van der Waals surface area contributed by atoms with Gasteiger partial charge in [0.2, 0.25) is 0 Å². The zero-order valence-corrected chi connectivity index (χ0v) is 15.0. The summed E-state index contributed by atoms with van der Waals surface area (Å²) in [5.41, 5.74) is 2.68. The molecule has 1 aromatic carbocycles. The molecule has 0 spiro atoms. The van der Waals surface area contributed by atoms with Crippen molar-refractivity contribution < 1.29 is 10.2 Å². The largest absolute Gasteiger partial charge is 0.390 e. The van der Waals surface area contributed by atoms with E-state index in [4.69, 9.17) is 0 Å². The van der Waals surface area contributed by atoms with Crippen LogP contribution in [0.4, 0.5) is 0 Å². The van der Waals surface area contributed by atoms with Crippen molar-refractivity contribution in [2.45, 2.75) is 56.3 Å². The van der Waals surface area contributed by atoms with Crippen molar-refractivity contribution in [3.05, 3.63) is 42.4 Å². The minimum absolute atomic E-state index is 0.0694. The van der Waals surface area contributed by atoms with E-state index in [-0.39, 0.29) is 17.9 Å². The van der Waals surface area contributed by atoms with Crippen molar-refractivity contribution in [2.24, 2.45) is 23.7 Å². The number of fused-ring (bicyclic) bond motifs is 3. The van der Waals surface area contributed by atoms with E-state index < -0.39 is 11.7 Å².